The van der Waals surface area contributed by atoms with Crippen LogP contribution in [0, 0.1) is 40.2 Å². The second-order valence-electron chi connectivity index (χ2n) is 12.9. The molecule has 7 rings (SSSR count). The Morgan fingerprint density at radius 1 is 1.19 bits per heavy atom. The lowest BCUT2D eigenvalue weighted by atomic mass is 9.45. The highest BCUT2D eigenvalue weighted by Gasteiger charge is 2.70. The van der Waals surface area contributed by atoms with E-state index in [1.165, 1.54) is 24.0 Å². The number of thiol groups is 1. The van der Waals surface area contributed by atoms with E-state index < -0.39 is 39.8 Å². The van der Waals surface area contributed by atoms with E-state index >= 15 is 0 Å². The second kappa shape index (κ2) is 9.38. The molecule has 220 valence electrons. The summed E-state index contributed by atoms with van der Waals surface area (Å²) in [5, 5.41) is 15.9. The van der Waals surface area contributed by atoms with Crippen molar-refractivity contribution in [2.45, 2.75) is 64.1 Å². The minimum absolute atomic E-state index is 0.0205. The van der Waals surface area contributed by atoms with Crippen molar-refractivity contribution in [3.63, 3.8) is 0 Å². The first kappa shape index (κ1) is 27.6. The maximum Gasteiger partial charge on any atom is 0.375 e. The number of hydrogen-bond donors (Lipinski definition) is 2. The fourth-order valence-corrected chi connectivity index (χ4v) is 9.57. The highest BCUT2D eigenvalue weighted by Crippen LogP contribution is 2.68. The number of esters is 1. The lowest BCUT2D eigenvalue weighted by Crippen LogP contribution is -2.62. The average molecular weight is 595 g/mol. The summed E-state index contributed by atoms with van der Waals surface area (Å²) in [5.74, 6) is -2.47. The Morgan fingerprint density at radius 2 is 2.00 bits per heavy atom. The monoisotopic (exact) mass is 594 g/mol. The number of furan rings is 1. The number of halogens is 2. The van der Waals surface area contributed by atoms with E-state index in [4.69, 9.17) is 9.15 Å². The van der Waals surface area contributed by atoms with E-state index in [1.54, 1.807) is 16.9 Å². The number of aliphatic hydroxyl groups excluding tert-OH is 1. The van der Waals surface area contributed by atoms with Gasteiger partial charge in [0.25, 0.3) is 0 Å². The van der Waals surface area contributed by atoms with Crippen molar-refractivity contribution in [1.82, 2.24) is 9.78 Å². The molecule has 0 spiro atoms. The maximum atomic E-state index is 14.0. The van der Waals surface area contributed by atoms with E-state index in [-0.39, 0.29) is 28.9 Å². The van der Waals surface area contributed by atoms with E-state index in [1.807, 2.05) is 6.92 Å². The number of aliphatic hydroxyl groups is 1. The summed E-state index contributed by atoms with van der Waals surface area (Å²) < 4.78 is 40.5. The molecule has 42 heavy (non-hydrogen) atoms. The topological polar surface area (TPSA) is 94.6 Å². The highest BCUT2D eigenvalue weighted by molar-refractivity contribution is 7.96. The molecule has 3 saturated carbocycles. The summed E-state index contributed by atoms with van der Waals surface area (Å²) in [6, 6.07) is 6.84. The number of hydrogen-bond acceptors (Lipinski definition) is 6. The van der Waals surface area contributed by atoms with Gasteiger partial charge in [-0.1, -0.05) is 19.4 Å². The predicted molar refractivity (Wildman–Crippen MR) is 152 cm³/mol. The van der Waals surface area contributed by atoms with Gasteiger partial charge in [0.15, 0.2) is 17.2 Å². The van der Waals surface area contributed by atoms with Crippen molar-refractivity contribution in [3.05, 3.63) is 77.0 Å². The molecule has 3 fully saturated rings. The van der Waals surface area contributed by atoms with Crippen LogP contribution in [-0.2, 0) is 16.0 Å². The second-order valence-corrected chi connectivity index (χ2v) is 13.3. The lowest BCUT2D eigenvalue weighted by molar-refractivity contribution is -0.174. The Labute approximate surface area is 247 Å². The van der Waals surface area contributed by atoms with Gasteiger partial charge in [-0.25, -0.2) is 18.3 Å². The number of carbonyl (C=O) groups is 2. The van der Waals surface area contributed by atoms with Crippen LogP contribution in [0.3, 0.4) is 0 Å². The summed E-state index contributed by atoms with van der Waals surface area (Å²) in [7, 11) is 0. The van der Waals surface area contributed by atoms with Crippen LogP contribution < -0.4 is 0 Å². The summed E-state index contributed by atoms with van der Waals surface area (Å²) in [6.45, 7) is 4.16. The molecule has 1 N–H and O–H groups in total. The number of benzene rings is 1. The zero-order valence-electron chi connectivity index (χ0n) is 23.3. The zero-order valence-corrected chi connectivity index (χ0v) is 24.2. The molecular formula is C32H32F2N2O5S. The molecule has 2 heterocycles. The number of nitrogens with zero attached hydrogens (tertiary/aromatic N) is 2. The smallest absolute Gasteiger partial charge is 0.375 e. The van der Waals surface area contributed by atoms with Gasteiger partial charge >= 0.3 is 5.97 Å². The SMILES string of the molecule is C[C@]12Cc3cnn(-c4ccc(F)c(F)c4)c3C=C1CC[C@@H]1[C@@H]2[C@@H](O)C[C@@]2(C)[C@H]1CC[C@]2(OC(=O)c1ccco1)C(=O)S. The fourth-order valence-electron chi connectivity index (χ4n) is 9.16. The Kier molecular flexibility index (Phi) is 6.16. The number of aromatic nitrogens is 2. The zero-order chi connectivity index (χ0) is 29.6. The average Bonchev–Trinajstić information content (AvgIpc) is 3.67. The van der Waals surface area contributed by atoms with Crippen LogP contribution in [0.1, 0.15) is 67.8 Å². The van der Waals surface area contributed by atoms with Gasteiger partial charge in [0.2, 0.25) is 10.9 Å². The van der Waals surface area contributed by atoms with E-state index in [9.17, 15) is 23.5 Å². The Morgan fingerprint density at radius 3 is 2.71 bits per heavy atom. The van der Waals surface area contributed by atoms with Crippen molar-refractivity contribution in [2.24, 2.45) is 28.6 Å². The van der Waals surface area contributed by atoms with Gasteiger partial charge in [-0.15, -0.1) is 12.6 Å². The molecule has 1 aromatic carbocycles. The number of ether oxygens (including phenoxy) is 1. The molecule has 4 aliphatic rings. The predicted octanol–water partition coefficient (Wildman–Crippen LogP) is 5.95. The molecule has 10 heteroatoms. The number of carbonyl (C=O) groups excluding carboxylic acids is 2. The molecule has 0 radical (unpaired) electrons. The molecule has 0 amide bonds. The van der Waals surface area contributed by atoms with Crippen LogP contribution in [0.5, 0.6) is 0 Å². The number of fused-ring (bicyclic) bond motifs is 6. The molecule has 7 atom stereocenters. The van der Waals surface area contributed by atoms with Crippen LogP contribution in [0.15, 0.2) is 52.8 Å². The van der Waals surface area contributed by atoms with Crippen molar-refractivity contribution in [1.29, 1.82) is 0 Å². The fraction of sp³-hybridized carbons (Fsp3) is 0.469. The molecule has 0 aliphatic heterocycles. The number of rotatable bonds is 4. The Bertz CT molecular complexity index is 1640. The largest absolute Gasteiger partial charge is 0.457 e. The van der Waals surface area contributed by atoms with E-state index in [0.29, 0.717) is 31.4 Å². The van der Waals surface area contributed by atoms with Crippen molar-refractivity contribution >= 4 is 29.8 Å². The first-order chi connectivity index (χ1) is 20.0. The third-order valence-electron chi connectivity index (χ3n) is 11.0. The molecule has 4 aliphatic carbocycles. The molecular weight excluding hydrogens is 562 g/mol. The molecule has 7 nitrogen and oxygen atoms in total. The summed E-state index contributed by atoms with van der Waals surface area (Å²) in [4.78, 5) is 26.2. The number of allylic oxidation sites excluding steroid dienone is 1. The Balaban J connectivity index is 1.22. The van der Waals surface area contributed by atoms with Crippen LogP contribution in [0.4, 0.5) is 8.78 Å². The van der Waals surface area contributed by atoms with E-state index in [2.05, 4.69) is 30.7 Å². The molecule has 0 unspecified atom stereocenters. The molecule has 3 aromatic rings. The van der Waals surface area contributed by atoms with Crippen LogP contribution >= 0.6 is 12.6 Å². The van der Waals surface area contributed by atoms with Gasteiger partial charge in [-0.05, 0) is 97.6 Å². The Hall–Kier alpha value is -3.24. The maximum absolute atomic E-state index is 14.0. The minimum Gasteiger partial charge on any atom is -0.457 e. The first-order valence-electron chi connectivity index (χ1n) is 14.4. The standard InChI is InChI=1S/C32H32F2N2O5S/c1-30-14-17-16-35-36(19-6-8-22(33)23(34)13-19)24(17)12-18(30)5-7-20-21-9-10-32(29(39)42,31(21,2)15-25(37)27(20)30)41-28(38)26-4-3-11-40-26/h3-4,6,8,11-13,16,20-21,25,27,37H,5,7,9-10,14-15H2,1-2H3,(H,39,42)/t20-,21-,25-,27+,30-,31-,32-/m0/s1. The third kappa shape index (κ3) is 3.70. The van der Waals surface area contributed by atoms with Gasteiger partial charge in [-0.3, -0.25) is 4.79 Å². The quantitative estimate of drug-likeness (QED) is 0.287. The van der Waals surface area contributed by atoms with Crippen molar-refractivity contribution in [3.8, 4) is 5.69 Å². The normalized spacial score (nSPS) is 35.0. The molecule has 0 bridgehead atoms. The van der Waals surface area contributed by atoms with E-state index in [0.717, 1.165) is 36.2 Å². The van der Waals surface area contributed by atoms with Crippen LogP contribution in [0.25, 0.3) is 11.8 Å². The molecule has 2 aromatic heterocycles. The van der Waals surface area contributed by atoms with Gasteiger partial charge < -0.3 is 14.3 Å². The van der Waals surface area contributed by atoms with Gasteiger partial charge in [0.05, 0.1) is 29.9 Å². The van der Waals surface area contributed by atoms with Gasteiger partial charge in [-0.2, -0.15) is 5.10 Å². The van der Waals surface area contributed by atoms with Crippen LogP contribution in [-0.4, -0.2) is 37.7 Å². The first-order valence-corrected chi connectivity index (χ1v) is 14.8. The van der Waals surface area contributed by atoms with Crippen molar-refractivity contribution in [2.75, 3.05) is 0 Å². The van der Waals surface area contributed by atoms with Crippen molar-refractivity contribution < 1.29 is 32.6 Å². The summed E-state index contributed by atoms with van der Waals surface area (Å²) in [6.07, 6.45) is 8.04. The van der Waals surface area contributed by atoms with Gasteiger partial charge in [0.1, 0.15) is 0 Å². The molecule has 0 saturated heterocycles. The van der Waals surface area contributed by atoms with Crippen LogP contribution in [0.2, 0.25) is 0 Å². The highest BCUT2D eigenvalue weighted by atomic mass is 32.1. The summed E-state index contributed by atoms with van der Waals surface area (Å²) in [5.41, 5.74) is 0.822. The minimum atomic E-state index is -1.47. The summed E-state index contributed by atoms with van der Waals surface area (Å²) >= 11 is 4.25. The third-order valence-corrected chi connectivity index (χ3v) is 11.4. The lowest BCUT2D eigenvalue weighted by Gasteiger charge is -2.60. The van der Waals surface area contributed by atoms with Gasteiger partial charge in [0, 0.05) is 11.5 Å².